The summed E-state index contributed by atoms with van der Waals surface area (Å²) >= 11 is 0. The molecule has 0 saturated carbocycles. The molecule has 0 spiro atoms. The summed E-state index contributed by atoms with van der Waals surface area (Å²) in [7, 11) is 0. The van der Waals surface area contributed by atoms with Crippen molar-refractivity contribution in [1.29, 1.82) is 0 Å². The van der Waals surface area contributed by atoms with Crippen LogP contribution in [0.2, 0.25) is 0 Å². The number of allylic oxidation sites excluding steroid dienone is 1. The molecule has 2 rings (SSSR count). The van der Waals surface area contributed by atoms with Gasteiger partial charge in [0, 0.05) is 12.4 Å². The van der Waals surface area contributed by atoms with Gasteiger partial charge in [-0.2, -0.15) is 0 Å². The van der Waals surface area contributed by atoms with Gasteiger partial charge in [-0.05, 0) is 43.2 Å². The Labute approximate surface area is 96.5 Å². The van der Waals surface area contributed by atoms with Crippen molar-refractivity contribution in [1.82, 2.24) is 10.3 Å². The molecule has 1 aliphatic heterocycles. The van der Waals surface area contributed by atoms with Crippen molar-refractivity contribution in [2.24, 2.45) is 0 Å². The van der Waals surface area contributed by atoms with Crippen molar-refractivity contribution in [2.45, 2.75) is 25.8 Å². The average Bonchev–Trinajstić information content (AvgIpc) is 2.38. The number of likely N-dealkylation sites (N-methyl/N-ethyl adjacent to an activating group) is 1. The maximum absolute atomic E-state index is 5.73. The van der Waals surface area contributed by atoms with Crippen LogP contribution in [-0.2, 0) is 4.74 Å². The van der Waals surface area contributed by atoms with E-state index in [1.54, 1.807) is 0 Å². The minimum absolute atomic E-state index is 0.174. The Hall–Kier alpha value is -1.35. The Morgan fingerprint density at radius 1 is 1.44 bits per heavy atom. The topological polar surface area (TPSA) is 34.1 Å². The molecule has 3 heteroatoms. The van der Waals surface area contributed by atoms with Gasteiger partial charge in [-0.1, -0.05) is 6.92 Å². The fourth-order valence-electron chi connectivity index (χ4n) is 1.92. The SMILES string of the molecule is CCNC(C1=CCCCO1)c1ccncc1. The zero-order valence-corrected chi connectivity index (χ0v) is 9.65. The number of rotatable bonds is 4. The van der Waals surface area contributed by atoms with Gasteiger partial charge < -0.3 is 10.1 Å². The van der Waals surface area contributed by atoms with E-state index in [9.17, 15) is 0 Å². The molecule has 0 bridgehead atoms. The third kappa shape index (κ3) is 2.61. The van der Waals surface area contributed by atoms with Crippen molar-refractivity contribution >= 4 is 0 Å². The molecule has 0 fully saturated rings. The van der Waals surface area contributed by atoms with E-state index in [-0.39, 0.29) is 6.04 Å². The standard InChI is InChI=1S/C13H18N2O/c1-2-15-13(11-6-8-14-9-7-11)12-5-3-4-10-16-12/h5-9,13,15H,2-4,10H2,1H3. The van der Waals surface area contributed by atoms with E-state index in [1.807, 2.05) is 24.5 Å². The van der Waals surface area contributed by atoms with Crippen LogP contribution in [0.4, 0.5) is 0 Å². The van der Waals surface area contributed by atoms with Gasteiger partial charge in [-0.25, -0.2) is 0 Å². The molecule has 0 radical (unpaired) electrons. The first-order valence-corrected chi connectivity index (χ1v) is 5.88. The van der Waals surface area contributed by atoms with Crippen LogP contribution >= 0.6 is 0 Å². The van der Waals surface area contributed by atoms with Gasteiger partial charge in [0.25, 0.3) is 0 Å². The van der Waals surface area contributed by atoms with Crippen LogP contribution in [0.5, 0.6) is 0 Å². The fraction of sp³-hybridized carbons (Fsp3) is 0.462. The summed E-state index contributed by atoms with van der Waals surface area (Å²) in [6, 6.07) is 4.24. The molecule has 1 atom stereocenters. The number of hydrogen-bond donors (Lipinski definition) is 1. The Bertz CT molecular complexity index is 348. The summed E-state index contributed by atoms with van der Waals surface area (Å²) in [4.78, 5) is 4.04. The summed E-state index contributed by atoms with van der Waals surface area (Å²) < 4.78 is 5.73. The highest BCUT2D eigenvalue weighted by Crippen LogP contribution is 2.25. The highest BCUT2D eigenvalue weighted by molar-refractivity contribution is 5.24. The Kier molecular flexibility index (Phi) is 3.94. The Morgan fingerprint density at radius 3 is 2.88 bits per heavy atom. The first kappa shape index (κ1) is 11.1. The smallest absolute Gasteiger partial charge is 0.113 e. The summed E-state index contributed by atoms with van der Waals surface area (Å²) in [5, 5.41) is 3.45. The summed E-state index contributed by atoms with van der Waals surface area (Å²) in [6.45, 7) is 3.87. The zero-order valence-electron chi connectivity index (χ0n) is 9.65. The number of aromatic nitrogens is 1. The van der Waals surface area contributed by atoms with Crippen LogP contribution in [0, 0.1) is 0 Å². The van der Waals surface area contributed by atoms with Gasteiger partial charge in [-0.15, -0.1) is 0 Å². The van der Waals surface area contributed by atoms with Crippen molar-refractivity contribution in [3.05, 3.63) is 41.9 Å². The molecule has 2 heterocycles. The lowest BCUT2D eigenvalue weighted by atomic mass is 10.0. The lowest BCUT2D eigenvalue weighted by molar-refractivity contribution is 0.168. The largest absolute Gasteiger partial charge is 0.496 e. The molecule has 0 amide bonds. The first-order chi connectivity index (χ1) is 7.92. The normalized spacial score (nSPS) is 17.4. The second kappa shape index (κ2) is 5.66. The Balaban J connectivity index is 2.19. The predicted octanol–water partition coefficient (Wildman–Crippen LogP) is 2.43. The van der Waals surface area contributed by atoms with Crippen molar-refractivity contribution < 1.29 is 4.74 Å². The highest BCUT2D eigenvalue weighted by Gasteiger charge is 2.18. The van der Waals surface area contributed by atoms with Crippen molar-refractivity contribution in [3.8, 4) is 0 Å². The van der Waals surface area contributed by atoms with Gasteiger partial charge in [0.1, 0.15) is 5.76 Å². The molecule has 1 aliphatic rings. The minimum Gasteiger partial charge on any atom is -0.496 e. The van der Waals surface area contributed by atoms with Gasteiger partial charge >= 0.3 is 0 Å². The molecule has 1 aromatic heterocycles. The number of hydrogen-bond acceptors (Lipinski definition) is 3. The van der Waals surface area contributed by atoms with Crippen LogP contribution in [0.15, 0.2) is 36.4 Å². The highest BCUT2D eigenvalue weighted by atomic mass is 16.5. The molecular formula is C13H18N2O. The number of nitrogens with zero attached hydrogens (tertiary/aromatic N) is 1. The quantitative estimate of drug-likeness (QED) is 0.842. The van der Waals surface area contributed by atoms with E-state index in [0.717, 1.165) is 31.8 Å². The maximum Gasteiger partial charge on any atom is 0.113 e. The third-order valence-electron chi connectivity index (χ3n) is 2.69. The fourth-order valence-corrected chi connectivity index (χ4v) is 1.92. The van der Waals surface area contributed by atoms with Gasteiger partial charge in [-0.3, -0.25) is 4.98 Å². The number of pyridine rings is 1. The molecule has 0 aromatic carbocycles. The van der Waals surface area contributed by atoms with Crippen molar-refractivity contribution in [3.63, 3.8) is 0 Å². The second-order valence-corrected chi connectivity index (χ2v) is 3.87. The summed E-state index contributed by atoms with van der Waals surface area (Å²) in [6.07, 6.45) is 8.07. The molecule has 16 heavy (non-hydrogen) atoms. The first-order valence-electron chi connectivity index (χ1n) is 5.88. The summed E-state index contributed by atoms with van der Waals surface area (Å²) in [5.74, 6) is 1.05. The molecule has 0 aliphatic carbocycles. The van der Waals surface area contributed by atoms with Gasteiger partial charge in [0.05, 0.1) is 12.6 Å². The minimum atomic E-state index is 0.174. The van der Waals surface area contributed by atoms with Crippen LogP contribution < -0.4 is 5.32 Å². The maximum atomic E-state index is 5.73. The van der Waals surface area contributed by atoms with Crippen molar-refractivity contribution in [2.75, 3.05) is 13.2 Å². The third-order valence-corrected chi connectivity index (χ3v) is 2.69. The molecule has 0 saturated heterocycles. The van der Waals surface area contributed by atoms with Crippen LogP contribution in [0.3, 0.4) is 0 Å². The molecule has 1 unspecified atom stereocenters. The van der Waals surface area contributed by atoms with Crippen LogP contribution in [0.25, 0.3) is 0 Å². The van der Waals surface area contributed by atoms with E-state index < -0.39 is 0 Å². The number of ether oxygens (including phenoxy) is 1. The predicted molar refractivity (Wildman–Crippen MR) is 63.9 cm³/mol. The summed E-state index contributed by atoms with van der Waals surface area (Å²) in [5.41, 5.74) is 1.21. The van der Waals surface area contributed by atoms with E-state index >= 15 is 0 Å². The lowest BCUT2D eigenvalue weighted by Crippen LogP contribution is -2.25. The van der Waals surface area contributed by atoms with E-state index in [4.69, 9.17) is 4.74 Å². The molecule has 1 N–H and O–H groups in total. The zero-order chi connectivity index (χ0) is 11.2. The van der Waals surface area contributed by atoms with Gasteiger partial charge in [0.15, 0.2) is 0 Å². The van der Waals surface area contributed by atoms with Crippen LogP contribution in [0.1, 0.15) is 31.4 Å². The van der Waals surface area contributed by atoms with E-state index in [0.29, 0.717) is 0 Å². The van der Waals surface area contributed by atoms with E-state index in [1.165, 1.54) is 5.56 Å². The monoisotopic (exact) mass is 218 g/mol. The van der Waals surface area contributed by atoms with Crippen LogP contribution in [-0.4, -0.2) is 18.1 Å². The molecule has 3 nitrogen and oxygen atoms in total. The Morgan fingerprint density at radius 2 is 2.25 bits per heavy atom. The molecule has 1 aromatic rings. The van der Waals surface area contributed by atoms with Gasteiger partial charge in [0.2, 0.25) is 0 Å². The number of nitrogens with one attached hydrogen (secondary N) is 1. The average molecular weight is 218 g/mol. The molecule has 86 valence electrons. The lowest BCUT2D eigenvalue weighted by Gasteiger charge is -2.24. The van der Waals surface area contributed by atoms with E-state index in [2.05, 4.69) is 23.3 Å². The molecular weight excluding hydrogens is 200 g/mol. The second-order valence-electron chi connectivity index (χ2n) is 3.87.